The molecule has 7 heteroatoms. The maximum Gasteiger partial charge on any atom is 0.319 e. The van der Waals surface area contributed by atoms with E-state index in [1.807, 2.05) is 25.9 Å². The second kappa shape index (κ2) is 9.78. The smallest absolute Gasteiger partial charge is 0.319 e. The van der Waals surface area contributed by atoms with E-state index in [4.69, 9.17) is 9.47 Å². The van der Waals surface area contributed by atoms with Crippen molar-refractivity contribution in [2.24, 2.45) is 0 Å². The molecule has 146 valence electrons. The molecule has 2 aromatic carbocycles. The van der Waals surface area contributed by atoms with E-state index in [-0.39, 0.29) is 17.9 Å². The molecule has 6 nitrogen and oxygen atoms in total. The van der Waals surface area contributed by atoms with Gasteiger partial charge in [-0.2, -0.15) is 0 Å². The molecule has 2 aromatic rings. The standard InChI is InChI=1S/C20H26FN3O3/c1-5-27-19-12-16(10-11-18(19)26-4)23-20(25)22-13-17(24(2)3)14-6-8-15(21)9-7-14/h6-12,17H,5,13H2,1-4H3,(H2,22,23,25). The van der Waals surface area contributed by atoms with Crippen molar-refractivity contribution in [1.29, 1.82) is 0 Å². The zero-order valence-corrected chi connectivity index (χ0v) is 16.1. The number of hydrogen-bond donors (Lipinski definition) is 2. The number of methoxy groups -OCH3 is 1. The quantitative estimate of drug-likeness (QED) is 0.739. The Kier molecular flexibility index (Phi) is 7.43. The highest BCUT2D eigenvalue weighted by atomic mass is 19.1. The summed E-state index contributed by atoms with van der Waals surface area (Å²) < 4.78 is 23.9. The number of ether oxygens (including phenoxy) is 2. The average Bonchev–Trinajstić information content (AvgIpc) is 2.63. The summed E-state index contributed by atoms with van der Waals surface area (Å²) in [5.74, 6) is 0.883. The molecule has 0 heterocycles. The van der Waals surface area contributed by atoms with Gasteiger partial charge < -0.3 is 25.0 Å². The number of likely N-dealkylation sites (N-methyl/N-ethyl adjacent to an activating group) is 1. The number of amides is 2. The number of anilines is 1. The van der Waals surface area contributed by atoms with E-state index in [9.17, 15) is 9.18 Å². The van der Waals surface area contributed by atoms with Crippen LogP contribution < -0.4 is 20.1 Å². The van der Waals surface area contributed by atoms with Gasteiger partial charge in [-0.1, -0.05) is 12.1 Å². The highest BCUT2D eigenvalue weighted by Gasteiger charge is 2.16. The first-order valence-corrected chi connectivity index (χ1v) is 8.72. The molecule has 0 bridgehead atoms. The molecule has 27 heavy (non-hydrogen) atoms. The van der Waals surface area contributed by atoms with Gasteiger partial charge in [-0.15, -0.1) is 0 Å². The van der Waals surface area contributed by atoms with E-state index < -0.39 is 0 Å². The fraction of sp³-hybridized carbons (Fsp3) is 0.350. The number of nitrogens with zero attached hydrogens (tertiary/aromatic N) is 1. The van der Waals surface area contributed by atoms with Gasteiger partial charge in [0.25, 0.3) is 0 Å². The molecular formula is C20H26FN3O3. The summed E-state index contributed by atoms with van der Waals surface area (Å²) in [6.07, 6.45) is 0. The molecule has 1 atom stereocenters. The lowest BCUT2D eigenvalue weighted by Gasteiger charge is -2.25. The number of carbonyl (C=O) groups is 1. The number of carbonyl (C=O) groups excluding carboxylic acids is 1. The molecule has 0 aliphatic carbocycles. The summed E-state index contributed by atoms with van der Waals surface area (Å²) >= 11 is 0. The van der Waals surface area contributed by atoms with E-state index in [0.717, 1.165) is 5.56 Å². The molecule has 0 aliphatic rings. The monoisotopic (exact) mass is 375 g/mol. The Morgan fingerprint density at radius 3 is 2.44 bits per heavy atom. The molecule has 0 aliphatic heterocycles. The van der Waals surface area contributed by atoms with Crippen LogP contribution in [0.1, 0.15) is 18.5 Å². The van der Waals surface area contributed by atoms with Gasteiger partial charge in [0.1, 0.15) is 5.82 Å². The van der Waals surface area contributed by atoms with Crippen molar-refractivity contribution in [1.82, 2.24) is 10.2 Å². The molecule has 1 unspecified atom stereocenters. The van der Waals surface area contributed by atoms with Crippen LogP contribution in [0, 0.1) is 5.82 Å². The van der Waals surface area contributed by atoms with Crippen LogP contribution in [0.5, 0.6) is 11.5 Å². The van der Waals surface area contributed by atoms with Crippen LogP contribution in [0.25, 0.3) is 0 Å². The first-order chi connectivity index (χ1) is 12.9. The molecule has 0 saturated carbocycles. The topological polar surface area (TPSA) is 62.8 Å². The Morgan fingerprint density at radius 2 is 1.85 bits per heavy atom. The fourth-order valence-corrected chi connectivity index (χ4v) is 2.67. The predicted octanol–water partition coefficient (Wildman–Crippen LogP) is 3.66. The minimum absolute atomic E-state index is 0.0776. The Morgan fingerprint density at radius 1 is 1.15 bits per heavy atom. The summed E-state index contributed by atoms with van der Waals surface area (Å²) in [5.41, 5.74) is 1.52. The minimum atomic E-state index is -0.337. The zero-order chi connectivity index (χ0) is 19.8. The molecule has 0 fully saturated rings. The Labute approximate surface area is 159 Å². The molecule has 0 saturated heterocycles. The molecular weight excluding hydrogens is 349 g/mol. The van der Waals surface area contributed by atoms with E-state index in [1.165, 1.54) is 12.1 Å². The van der Waals surface area contributed by atoms with Crippen LogP contribution in [0.4, 0.5) is 14.9 Å². The van der Waals surface area contributed by atoms with E-state index >= 15 is 0 Å². The first kappa shape index (κ1) is 20.5. The Bertz CT molecular complexity index is 751. The summed E-state index contributed by atoms with van der Waals surface area (Å²) in [6.45, 7) is 2.75. The van der Waals surface area contributed by atoms with E-state index in [1.54, 1.807) is 37.4 Å². The Hall–Kier alpha value is -2.80. The maximum absolute atomic E-state index is 13.1. The predicted molar refractivity (Wildman–Crippen MR) is 104 cm³/mol. The van der Waals surface area contributed by atoms with Gasteiger partial charge in [-0.25, -0.2) is 9.18 Å². The highest BCUT2D eigenvalue weighted by molar-refractivity contribution is 5.89. The summed E-state index contributed by atoms with van der Waals surface area (Å²) in [5, 5.41) is 5.63. The van der Waals surface area contributed by atoms with Crippen molar-refractivity contribution in [3.8, 4) is 11.5 Å². The van der Waals surface area contributed by atoms with Gasteiger partial charge in [-0.05, 0) is 50.8 Å². The van der Waals surface area contributed by atoms with Gasteiger partial charge in [0, 0.05) is 18.3 Å². The van der Waals surface area contributed by atoms with Crippen molar-refractivity contribution in [3.05, 3.63) is 53.8 Å². The van der Waals surface area contributed by atoms with E-state index in [0.29, 0.717) is 30.3 Å². The summed E-state index contributed by atoms with van der Waals surface area (Å²) in [6, 6.07) is 11.0. The van der Waals surface area contributed by atoms with Crippen LogP contribution in [-0.2, 0) is 0 Å². The number of urea groups is 1. The van der Waals surface area contributed by atoms with Gasteiger partial charge in [0.05, 0.1) is 19.8 Å². The lowest BCUT2D eigenvalue weighted by atomic mass is 10.1. The number of nitrogens with one attached hydrogen (secondary N) is 2. The maximum atomic E-state index is 13.1. The first-order valence-electron chi connectivity index (χ1n) is 8.72. The van der Waals surface area contributed by atoms with Crippen molar-refractivity contribution >= 4 is 11.7 Å². The number of hydrogen-bond acceptors (Lipinski definition) is 4. The SMILES string of the molecule is CCOc1cc(NC(=O)NCC(c2ccc(F)cc2)N(C)C)ccc1OC. The van der Waals surface area contributed by atoms with Crippen molar-refractivity contribution in [3.63, 3.8) is 0 Å². The fourth-order valence-electron chi connectivity index (χ4n) is 2.67. The molecule has 0 aromatic heterocycles. The second-order valence-corrected chi connectivity index (χ2v) is 6.16. The van der Waals surface area contributed by atoms with Crippen molar-refractivity contribution < 1.29 is 18.7 Å². The van der Waals surface area contributed by atoms with Crippen LogP contribution in [0.2, 0.25) is 0 Å². The van der Waals surface area contributed by atoms with Crippen molar-refractivity contribution in [2.75, 3.05) is 39.7 Å². The molecule has 2 N–H and O–H groups in total. The minimum Gasteiger partial charge on any atom is -0.493 e. The number of benzene rings is 2. The lowest BCUT2D eigenvalue weighted by Crippen LogP contribution is -2.36. The zero-order valence-electron chi connectivity index (χ0n) is 16.1. The van der Waals surface area contributed by atoms with Crippen LogP contribution in [-0.4, -0.2) is 45.3 Å². The van der Waals surface area contributed by atoms with Gasteiger partial charge >= 0.3 is 6.03 Å². The largest absolute Gasteiger partial charge is 0.493 e. The van der Waals surface area contributed by atoms with Crippen molar-refractivity contribution in [2.45, 2.75) is 13.0 Å². The summed E-state index contributed by atoms with van der Waals surface area (Å²) in [7, 11) is 5.38. The Balaban J connectivity index is 2.00. The third-order valence-corrected chi connectivity index (χ3v) is 4.06. The van der Waals surface area contributed by atoms with Gasteiger partial charge in [-0.3, -0.25) is 0 Å². The highest BCUT2D eigenvalue weighted by Crippen LogP contribution is 2.30. The normalized spacial score (nSPS) is 11.8. The third kappa shape index (κ3) is 5.86. The number of rotatable bonds is 8. The summed E-state index contributed by atoms with van der Waals surface area (Å²) in [4.78, 5) is 14.2. The molecule has 2 rings (SSSR count). The molecule has 0 radical (unpaired) electrons. The second-order valence-electron chi connectivity index (χ2n) is 6.16. The van der Waals surface area contributed by atoms with E-state index in [2.05, 4.69) is 10.6 Å². The third-order valence-electron chi connectivity index (χ3n) is 4.06. The van der Waals surface area contributed by atoms with Crippen LogP contribution >= 0.6 is 0 Å². The number of halogens is 1. The molecule has 0 spiro atoms. The van der Waals surface area contributed by atoms with Gasteiger partial charge in [0.2, 0.25) is 0 Å². The van der Waals surface area contributed by atoms with Crippen LogP contribution in [0.3, 0.4) is 0 Å². The average molecular weight is 375 g/mol. The lowest BCUT2D eigenvalue weighted by molar-refractivity contribution is 0.243. The molecule has 2 amide bonds. The van der Waals surface area contributed by atoms with Gasteiger partial charge in [0.15, 0.2) is 11.5 Å². The van der Waals surface area contributed by atoms with Crippen LogP contribution in [0.15, 0.2) is 42.5 Å².